The summed E-state index contributed by atoms with van der Waals surface area (Å²) in [5.74, 6) is 0.373. The molecule has 5 nitrogen and oxygen atoms in total. The number of aliphatic hydroxyl groups excluding tert-OH is 2. The number of esters is 1. The van der Waals surface area contributed by atoms with Gasteiger partial charge in [-0.3, -0.25) is 4.79 Å². The van der Waals surface area contributed by atoms with E-state index in [0.29, 0.717) is 25.0 Å². The third-order valence-corrected chi connectivity index (χ3v) is 7.08. The van der Waals surface area contributed by atoms with E-state index in [4.69, 9.17) is 0 Å². The molecule has 5 atom stereocenters. The zero-order valence-corrected chi connectivity index (χ0v) is 17.9. The van der Waals surface area contributed by atoms with Crippen LogP contribution in [-0.2, 0) is 9.53 Å². The molecule has 0 aromatic rings. The van der Waals surface area contributed by atoms with E-state index in [1.165, 1.54) is 7.11 Å². The molecule has 1 saturated carbocycles. The summed E-state index contributed by atoms with van der Waals surface area (Å²) in [5, 5.41) is 31.1. The Bertz CT molecular complexity index is 452. The van der Waals surface area contributed by atoms with Crippen molar-refractivity contribution < 1.29 is 24.9 Å². The molecule has 158 valence electrons. The molecular weight excluding hydrogens is 364 g/mol. The van der Waals surface area contributed by atoms with Crippen LogP contribution in [0.2, 0.25) is 0 Å². The standard InChI is InChI=1S/C21H38O5S/c1-4-5-10-13-21(2,25)15-27-20-16(17(22)14-18(20)23)11-8-6-7-9-12-19(24)26-3/h6,8,16-18,20,22-23,25H,4-5,7,9-15H2,1-3H3/t16-,17?,18?,20+,21?/m0/s1. The molecule has 6 heteroatoms. The summed E-state index contributed by atoms with van der Waals surface area (Å²) in [5.41, 5.74) is -0.735. The minimum absolute atomic E-state index is 0.00620. The molecule has 1 aliphatic rings. The van der Waals surface area contributed by atoms with E-state index >= 15 is 0 Å². The van der Waals surface area contributed by atoms with Gasteiger partial charge in [0.25, 0.3) is 0 Å². The van der Waals surface area contributed by atoms with Crippen LogP contribution in [0.5, 0.6) is 0 Å². The summed E-state index contributed by atoms with van der Waals surface area (Å²) in [6.45, 7) is 4.01. The Hall–Kier alpha value is -0.560. The van der Waals surface area contributed by atoms with Gasteiger partial charge in [0.1, 0.15) is 0 Å². The normalized spacial score (nSPS) is 27.8. The number of hydrogen-bond donors (Lipinski definition) is 3. The molecule has 27 heavy (non-hydrogen) atoms. The predicted octanol–water partition coefficient (Wildman–Crippen LogP) is 3.45. The number of ether oxygens (including phenoxy) is 1. The van der Waals surface area contributed by atoms with Gasteiger partial charge >= 0.3 is 5.97 Å². The van der Waals surface area contributed by atoms with Crippen molar-refractivity contribution in [1.82, 2.24) is 0 Å². The summed E-state index contributed by atoms with van der Waals surface area (Å²) in [6, 6.07) is 0. The highest BCUT2D eigenvalue weighted by Crippen LogP contribution is 2.39. The van der Waals surface area contributed by atoms with Crippen molar-refractivity contribution >= 4 is 17.7 Å². The van der Waals surface area contributed by atoms with Gasteiger partial charge in [0.2, 0.25) is 0 Å². The van der Waals surface area contributed by atoms with Crippen LogP contribution in [-0.4, -0.2) is 57.2 Å². The third kappa shape index (κ3) is 9.46. The quantitative estimate of drug-likeness (QED) is 0.248. The average Bonchev–Trinajstić information content (AvgIpc) is 2.89. The van der Waals surface area contributed by atoms with Crippen molar-refractivity contribution in [2.24, 2.45) is 5.92 Å². The number of aliphatic hydroxyl groups is 3. The van der Waals surface area contributed by atoms with Gasteiger partial charge in [0, 0.05) is 29.8 Å². The van der Waals surface area contributed by atoms with Gasteiger partial charge in [0.05, 0.1) is 24.9 Å². The Labute approximate surface area is 168 Å². The lowest BCUT2D eigenvalue weighted by atomic mass is 10.0. The van der Waals surface area contributed by atoms with Crippen LogP contribution in [0, 0.1) is 5.92 Å². The summed E-state index contributed by atoms with van der Waals surface area (Å²) >= 11 is 1.59. The Morgan fingerprint density at radius 3 is 2.63 bits per heavy atom. The fraction of sp³-hybridized carbons (Fsp3) is 0.857. The highest BCUT2D eigenvalue weighted by atomic mass is 32.2. The van der Waals surface area contributed by atoms with Crippen LogP contribution < -0.4 is 0 Å². The van der Waals surface area contributed by atoms with Gasteiger partial charge in [-0.1, -0.05) is 38.3 Å². The maximum Gasteiger partial charge on any atom is 0.305 e. The number of allylic oxidation sites excluding steroid dienone is 2. The first-order chi connectivity index (χ1) is 12.8. The average molecular weight is 403 g/mol. The molecule has 1 rings (SSSR count). The second-order valence-electron chi connectivity index (χ2n) is 7.94. The first kappa shape index (κ1) is 24.5. The van der Waals surface area contributed by atoms with Crippen LogP contribution >= 0.6 is 11.8 Å². The molecule has 0 saturated heterocycles. The Kier molecular flexibility index (Phi) is 11.6. The van der Waals surface area contributed by atoms with Gasteiger partial charge in [-0.05, 0) is 32.6 Å². The van der Waals surface area contributed by atoms with E-state index in [1.807, 2.05) is 19.1 Å². The molecule has 3 unspecified atom stereocenters. The number of methoxy groups -OCH3 is 1. The van der Waals surface area contributed by atoms with Gasteiger partial charge in [0.15, 0.2) is 0 Å². The topological polar surface area (TPSA) is 87.0 Å². The molecule has 0 spiro atoms. The number of carbonyl (C=O) groups is 1. The van der Waals surface area contributed by atoms with Crippen molar-refractivity contribution in [1.29, 1.82) is 0 Å². The van der Waals surface area contributed by atoms with Crippen molar-refractivity contribution in [3.05, 3.63) is 12.2 Å². The Balaban J connectivity index is 2.44. The van der Waals surface area contributed by atoms with Crippen LogP contribution in [0.3, 0.4) is 0 Å². The van der Waals surface area contributed by atoms with Crippen molar-refractivity contribution in [2.45, 2.75) is 94.7 Å². The predicted molar refractivity (Wildman–Crippen MR) is 111 cm³/mol. The van der Waals surface area contributed by atoms with Gasteiger partial charge in [-0.2, -0.15) is 11.8 Å². The van der Waals surface area contributed by atoms with Gasteiger partial charge in [-0.15, -0.1) is 0 Å². The first-order valence-electron chi connectivity index (χ1n) is 10.2. The smallest absolute Gasteiger partial charge is 0.305 e. The Morgan fingerprint density at radius 1 is 1.22 bits per heavy atom. The summed E-state index contributed by atoms with van der Waals surface area (Å²) in [4.78, 5) is 11.1. The zero-order chi connectivity index (χ0) is 20.3. The van der Waals surface area contributed by atoms with E-state index in [0.717, 1.165) is 38.5 Å². The summed E-state index contributed by atoms with van der Waals surface area (Å²) in [7, 11) is 1.39. The van der Waals surface area contributed by atoms with Gasteiger partial charge in [-0.25, -0.2) is 0 Å². The molecule has 0 aromatic carbocycles. The number of carbonyl (C=O) groups excluding carboxylic acids is 1. The van der Waals surface area contributed by atoms with Crippen molar-refractivity contribution in [3.8, 4) is 0 Å². The monoisotopic (exact) mass is 402 g/mol. The maximum atomic E-state index is 11.1. The van der Waals surface area contributed by atoms with Crippen LogP contribution in [0.25, 0.3) is 0 Å². The van der Waals surface area contributed by atoms with Gasteiger partial charge < -0.3 is 20.1 Å². The molecule has 1 aliphatic carbocycles. The zero-order valence-electron chi connectivity index (χ0n) is 17.1. The maximum absolute atomic E-state index is 11.1. The summed E-state index contributed by atoms with van der Waals surface area (Å²) in [6.07, 6.45) is 10.1. The largest absolute Gasteiger partial charge is 0.469 e. The van der Waals surface area contributed by atoms with E-state index in [9.17, 15) is 20.1 Å². The molecule has 0 heterocycles. The molecule has 3 N–H and O–H groups in total. The van der Waals surface area contributed by atoms with Crippen LogP contribution in [0.15, 0.2) is 12.2 Å². The third-order valence-electron chi connectivity index (χ3n) is 5.24. The second-order valence-corrected chi connectivity index (χ2v) is 9.11. The number of hydrogen-bond acceptors (Lipinski definition) is 6. The van der Waals surface area contributed by atoms with E-state index in [2.05, 4.69) is 11.7 Å². The fourth-order valence-corrected chi connectivity index (χ4v) is 5.10. The number of rotatable bonds is 13. The molecular formula is C21H38O5S. The first-order valence-corrected chi connectivity index (χ1v) is 11.3. The molecule has 0 aliphatic heterocycles. The van der Waals surface area contributed by atoms with E-state index < -0.39 is 17.8 Å². The molecule has 0 amide bonds. The van der Waals surface area contributed by atoms with Crippen molar-refractivity contribution in [2.75, 3.05) is 12.9 Å². The second kappa shape index (κ2) is 12.8. The fourth-order valence-electron chi connectivity index (χ4n) is 3.53. The lowest BCUT2D eigenvalue weighted by molar-refractivity contribution is -0.140. The lowest BCUT2D eigenvalue weighted by Gasteiger charge is -2.28. The number of unbranched alkanes of at least 4 members (excludes halogenated alkanes) is 3. The highest BCUT2D eigenvalue weighted by molar-refractivity contribution is 8.00. The highest BCUT2D eigenvalue weighted by Gasteiger charge is 2.42. The Morgan fingerprint density at radius 2 is 1.96 bits per heavy atom. The van der Waals surface area contributed by atoms with Crippen molar-refractivity contribution in [3.63, 3.8) is 0 Å². The van der Waals surface area contributed by atoms with E-state index in [1.54, 1.807) is 11.8 Å². The molecule has 0 radical (unpaired) electrons. The summed E-state index contributed by atoms with van der Waals surface area (Å²) < 4.78 is 4.62. The number of thioether (sulfide) groups is 1. The SMILES string of the molecule is CCCCCC(C)(O)CS[C@H]1C(O)CC(O)[C@@H]1CC=CCCCC(=O)OC. The van der Waals surface area contributed by atoms with Crippen LogP contribution in [0.4, 0.5) is 0 Å². The minimum Gasteiger partial charge on any atom is -0.469 e. The molecule has 1 fully saturated rings. The minimum atomic E-state index is -0.735. The molecule has 0 aromatic heterocycles. The van der Waals surface area contributed by atoms with Crippen LogP contribution in [0.1, 0.15) is 71.6 Å². The molecule has 0 bridgehead atoms. The lowest BCUT2D eigenvalue weighted by Crippen LogP contribution is -2.32. The van der Waals surface area contributed by atoms with E-state index in [-0.39, 0.29) is 17.1 Å².